The molecular weight excluding hydrogens is 315 g/mol. The molecule has 0 aliphatic heterocycles. The fourth-order valence-electron chi connectivity index (χ4n) is 3.18. The first-order valence-corrected chi connectivity index (χ1v) is 8.85. The molecule has 0 saturated heterocycles. The minimum atomic E-state index is -0.292. The van der Waals surface area contributed by atoms with Crippen molar-refractivity contribution >= 4 is 27.5 Å². The summed E-state index contributed by atoms with van der Waals surface area (Å²) in [6.07, 6.45) is 5.15. The third-order valence-electron chi connectivity index (χ3n) is 4.33. The number of para-hydroxylation sites is 1. The van der Waals surface area contributed by atoms with Gasteiger partial charge in [-0.3, -0.25) is 4.79 Å². The van der Waals surface area contributed by atoms with E-state index in [4.69, 9.17) is 4.74 Å². The fourth-order valence-corrected chi connectivity index (χ4v) is 4.26. The number of hydrogen-bond donors (Lipinski definition) is 0. The third-order valence-corrected chi connectivity index (χ3v) is 5.37. The first kappa shape index (κ1) is 16.3. The molecule has 1 heterocycles. The smallest absolute Gasteiger partial charge is 0.248 e. The Balaban J connectivity index is 1.96. The van der Waals surface area contributed by atoms with Crippen LogP contribution in [0.15, 0.2) is 23.2 Å². The molecule has 1 aliphatic rings. The second-order valence-corrected chi connectivity index (χ2v) is 6.98. The minimum Gasteiger partial charge on any atom is -0.383 e. The van der Waals surface area contributed by atoms with Crippen molar-refractivity contribution in [2.24, 2.45) is 10.9 Å². The second kappa shape index (κ2) is 7.36. The normalized spacial score (nSPS) is 16.5. The predicted molar refractivity (Wildman–Crippen MR) is 88.8 cm³/mol. The number of methoxy groups -OCH3 is 1. The van der Waals surface area contributed by atoms with E-state index in [-0.39, 0.29) is 11.7 Å². The van der Waals surface area contributed by atoms with E-state index in [1.54, 1.807) is 17.7 Å². The largest absolute Gasteiger partial charge is 0.383 e. The molecule has 0 atom stereocenters. The van der Waals surface area contributed by atoms with Crippen molar-refractivity contribution in [3.8, 4) is 0 Å². The van der Waals surface area contributed by atoms with Crippen LogP contribution in [0, 0.1) is 11.7 Å². The molecular formula is C17H21FN2O2S. The van der Waals surface area contributed by atoms with E-state index in [2.05, 4.69) is 4.99 Å². The Bertz CT molecular complexity index is 760. The van der Waals surface area contributed by atoms with Gasteiger partial charge in [0.25, 0.3) is 0 Å². The molecule has 0 spiro atoms. The molecule has 1 aromatic heterocycles. The molecule has 0 bridgehead atoms. The molecule has 1 aliphatic carbocycles. The maximum Gasteiger partial charge on any atom is 0.248 e. The minimum absolute atomic E-state index is 0.102. The van der Waals surface area contributed by atoms with Gasteiger partial charge in [0.15, 0.2) is 4.80 Å². The molecule has 4 nitrogen and oxygen atoms in total. The Kier molecular flexibility index (Phi) is 5.23. The van der Waals surface area contributed by atoms with E-state index in [1.807, 2.05) is 6.07 Å². The lowest BCUT2D eigenvalue weighted by Crippen LogP contribution is -2.20. The van der Waals surface area contributed by atoms with Crippen molar-refractivity contribution in [1.82, 2.24) is 4.57 Å². The number of rotatable bonds is 5. The number of ether oxygens (including phenoxy) is 1. The standard InChI is InChI=1S/C17H21FN2O2S/c1-22-10-9-20-16-13(18)7-4-8-14(16)23-17(20)19-15(21)11-12-5-2-3-6-12/h4,7-8,12H,2-3,5-6,9-11H2,1H3. The number of halogens is 1. The number of benzene rings is 1. The molecule has 1 aromatic carbocycles. The second-order valence-electron chi connectivity index (χ2n) is 5.98. The number of carbonyl (C=O) groups excluding carboxylic acids is 1. The van der Waals surface area contributed by atoms with Crippen LogP contribution in [0.25, 0.3) is 10.2 Å². The van der Waals surface area contributed by atoms with Crippen LogP contribution in [0.4, 0.5) is 4.39 Å². The summed E-state index contributed by atoms with van der Waals surface area (Å²) < 4.78 is 21.8. The molecule has 1 saturated carbocycles. The maximum atomic E-state index is 14.2. The molecule has 1 amide bonds. The van der Waals surface area contributed by atoms with E-state index in [9.17, 15) is 9.18 Å². The lowest BCUT2D eigenvalue weighted by atomic mass is 10.0. The summed E-state index contributed by atoms with van der Waals surface area (Å²) in [7, 11) is 1.60. The van der Waals surface area contributed by atoms with Crippen LogP contribution in [0.2, 0.25) is 0 Å². The predicted octanol–water partition coefficient (Wildman–Crippen LogP) is 3.50. The number of carbonyl (C=O) groups is 1. The van der Waals surface area contributed by atoms with Crippen LogP contribution >= 0.6 is 11.3 Å². The molecule has 0 radical (unpaired) electrons. The van der Waals surface area contributed by atoms with Gasteiger partial charge in [-0.15, -0.1) is 0 Å². The average Bonchev–Trinajstić information content (AvgIpc) is 3.13. The Morgan fingerprint density at radius 1 is 1.43 bits per heavy atom. The Morgan fingerprint density at radius 2 is 2.22 bits per heavy atom. The molecule has 6 heteroatoms. The average molecular weight is 336 g/mol. The van der Waals surface area contributed by atoms with Crippen molar-refractivity contribution in [2.45, 2.75) is 38.6 Å². The number of nitrogens with zero attached hydrogens (tertiary/aromatic N) is 2. The van der Waals surface area contributed by atoms with Gasteiger partial charge in [0.1, 0.15) is 5.82 Å². The molecule has 23 heavy (non-hydrogen) atoms. The van der Waals surface area contributed by atoms with Gasteiger partial charge in [0.05, 0.1) is 16.8 Å². The van der Waals surface area contributed by atoms with Crippen molar-refractivity contribution in [3.05, 3.63) is 28.8 Å². The van der Waals surface area contributed by atoms with Gasteiger partial charge in [-0.1, -0.05) is 30.2 Å². The van der Waals surface area contributed by atoms with Crippen LogP contribution in [-0.4, -0.2) is 24.2 Å². The van der Waals surface area contributed by atoms with Crippen molar-refractivity contribution in [3.63, 3.8) is 0 Å². The van der Waals surface area contributed by atoms with E-state index in [1.165, 1.54) is 30.2 Å². The lowest BCUT2D eigenvalue weighted by molar-refractivity contribution is -0.118. The number of amides is 1. The van der Waals surface area contributed by atoms with E-state index >= 15 is 0 Å². The van der Waals surface area contributed by atoms with E-state index in [0.29, 0.717) is 35.8 Å². The summed E-state index contributed by atoms with van der Waals surface area (Å²) >= 11 is 1.35. The van der Waals surface area contributed by atoms with Crippen LogP contribution in [-0.2, 0) is 16.1 Å². The molecule has 2 aromatic rings. The maximum absolute atomic E-state index is 14.2. The van der Waals surface area contributed by atoms with Crippen LogP contribution < -0.4 is 4.80 Å². The zero-order chi connectivity index (χ0) is 16.2. The molecule has 3 rings (SSSR count). The lowest BCUT2D eigenvalue weighted by Gasteiger charge is -2.06. The van der Waals surface area contributed by atoms with Crippen molar-refractivity contribution in [2.75, 3.05) is 13.7 Å². The highest BCUT2D eigenvalue weighted by Gasteiger charge is 2.18. The topological polar surface area (TPSA) is 43.6 Å². The van der Waals surface area contributed by atoms with Gasteiger partial charge in [0, 0.05) is 20.1 Å². The van der Waals surface area contributed by atoms with Gasteiger partial charge in [-0.25, -0.2) is 4.39 Å². The Hall–Kier alpha value is -1.53. The van der Waals surface area contributed by atoms with E-state index in [0.717, 1.165) is 17.5 Å². The number of hydrogen-bond acceptors (Lipinski definition) is 3. The number of thiazole rings is 1. The third kappa shape index (κ3) is 3.70. The fraction of sp³-hybridized carbons (Fsp3) is 0.529. The summed E-state index contributed by atoms with van der Waals surface area (Å²) in [5.74, 6) is 0.0689. The highest BCUT2D eigenvalue weighted by molar-refractivity contribution is 7.16. The van der Waals surface area contributed by atoms with Crippen LogP contribution in [0.5, 0.6) is 0 Å². The van der Waals surface area contributed by atoms with Crippen molar-refractivity contribution < 1.29 is 13.9 Å². The SMILES string of the molecule is COCCn1c(=NC(=O)CC2CCCC2)sc2cccc(F)c21. The summed E-state index contributed by atoms with van der Waals surface area (Å²) in [6, 6.07) is 4.97. The summed E-state index contributed by atoms with van der Waals surface area (Å²) in [5.41, 5.74) is 0.502. The zero-order valence-corrected chi connectivity index (χ0v) is 14.1. The zero-order valence-electron chi connectivity index (χ0n) is 13.3. The number of aromatic nitrogens is 1. The first-order valence-electron chi connectivity index (χ1n) is 8.03. The summed E-state index contributed by atoms with van der Waals surface area (Å²) in [4.78, 5) is 17.1. The molecule has 0 N–H and O–H groups in total. The first-order chi connectivity index (χ1) is 11.2. The quantitative estimate of drug-likeness (QED) is 0.839. The van der Waals surface area contributed by atoms with Crippen LogP contribution in [0.3, 0.4) is 0 Å². The van der Waals surface area contributed by atoms with Gasteiger partial charge < -0.3 is 9.30 Å². The Labute approximate surface area is 138 Å². The Morgan fingerprint density at radius 3 is 2.96 bits per heavy atom. The van der Waals surface area contributed by atoms with Gasteiger partial charge in [0.2, 0.25) is 5.91 Å². The molecule has 1 fully saturated rings. The summed E-state index contributed by atoms with van der Waals surface area (Å²) in [5, 5.41) is 0. The number of fused-ring (bicyclic) bond motifs is 1. The highest BCUT2D eigenvalue weighted by Crippen LogP contribution is 2.27. The summed E-state index contributed by atoms with van der Waals surface area (Å²) in [6.45, 7) is 0.928. The molecule has 0 unspecified atom stereocenters. The van der Waals surface area contributed by atoms with Crippen molar-refractivity contribution in [1.29, 1.82) is 0 Å². The van der Waals surface area contributed by atoms with Gasteiger partial charge >= 0.3 is 0 Å². The van der Waals surface area contributed by atoms with E-state index < -0.39 is 0 Å². The van der Waals surface area contributed by atoms with Gasteiger partial charge in [-0.2, -0.15) is 4.99 Å². The highest BCUT2D eigenvalue weighted by atomic mass is 32.1. The van der Waals surface area contributed by atoms with Crippen LogP contribution in [0.1, 0.15) is 32.1 Å². The monoisotopic (exact) mass is 336 g/mol. The molecule has 124 valence electrons. The van der Waals surface area contributed by atoms with Gasteiger partial charge in [-0.05, 0) is 30.9 Å².